The molecule has 172 valence electrons. The summed E-state index contributed by atoms with van der Waals surface area (Å²) in [6.45, 7) is 5.38. The van der Waals surface area contributed by atoms with Gasteiger partial charge in [0.15, 0.2) is 5.96 Å². The largest absolute Gasteiger partial charge is 0.370 e. The molecule has 2 fully saturated rings. The van der Waals surface area contributed by atoms with Gasteiger partial charge in [-0.3, -0.25) is 4.79 Å². The molecule has 1 amide bonds. The number of amides is 1. The Kier molecular flexibility index (Phi) is 8.72. The summed E-state index contributed by atoms with van der Waals surface area (Å²) in [6, 6.07) is 14.3. The van der Waals surface area contributed by atoms with Crippen LogP contribution >= 0.6 is 24.0 Å². The van der Waals surface area contributed by atoms with Crippen molar-refractivity contribution in [3.05, 3.63) is 65.5 Å². The zero-order valence-corrected chi connectivity index (χ0v) is 20.6. The quantitative estimate of drug-likeness (QED) is 0.358. The Morgan fingerprint density at radius 2 is 1.47 bits per heavy atom. The third-order valence-electron chi connectivity index (χ3n) is 6.06. The summed E-state index contributed by atoms with van der Waals surface area (Å²) in [5, 5.41) is 0. The van der Waals surface area contributed by atoms with Crippen LogP contribution in [0.15, 0.2) is 53.5 Å². The van der Waals surface area contributed by atoms with Crippen LogP contribution in [0.4, 0.5) is 10.1 Å². The fraction of sp³-hybridized carbons (Fsp3) is 0.417. The summed E-state index contributed by atoms with van der Waals surface area (Å²) in [7, 11) is 0. The van der Waals surface area contributed by atoms with E-state index in [1.54, 1.807) is 0 Å². The molecule has 6 nitrogen and oxygen atoms in total. The van der Waals surface area contributed by atoms with Crippen molar-refractivity contribution >= 4 is 41.5 Å². The summed E-state index contributed by atoms with van der Waals surface area (Å²) >= 11 is 0. The standard InChI is InChI=1S/C24H30FN5O.HI/c25-21-8-10-22(11-9-21)28-14-16-30(17-15-28)24(26)27-18-19-4-6-20(7-5-19)23(31)29-12-2-1-3-13-29;/h4-11H,1-3,12-18H2,(H2,26,27);1H. The highest BCUT2D eigenvalue weighted by molar-refractivity contribution is 14.0. The van der Waals surface area contributed by atoms with E-state index in [2.05, 4.69) is 14.8 Å². The average Bonchev–Trinajstić information content (AvgIpc) is 2.83. The average molecular weight is 551 g/mol. The predicted molar refractivity (Wildman–Crippen MR) is 137 cm³/mol. The van der Waals surface area contributed by atoms with Crippen molar-refractivity contribution in [3.63, 3.8) is 0 Å². The summed E-state index contributed by atoms with van der Waals surface area (Å²) < 4.78 is 13.1. The van der Waals surface area contributed by atoms with Crippen molar-refractivity contribution in [3.8, 4) is 0 Å². The number of anilines is 1. The lowest BCUT2D eigenvalue weighted by atomic mass is 10.1. The van der Waals surface area contributed by atoms with E-state index in [1.165, 1.54) is 18.6 Å². The van der Waals surface area contributed by atoms with Crippen molar-refractivity contribution < 1.29 is 9.18 Å². The van der Waals surface area contributed by atoms with E-state index < -0.39 is 0 Å². The minimum absolute atomic E-state index is 0. The second-order valence-electron chi connectivity index (χ2n) is 8.17. The summed E-state index contributed by atoms with van der Waals surface area (Å²) in [4.78, 5) is 23.4. The van der Waals surface area contributed by atoms with Gasteiger partial charge in [-0.2, -0.15) is 0 Å². The Morgan fingerprint density at radius 3 is 2.09 bits per heavy atom. The molecular weight excluding hydrogens is 520 g/mol. The predicted octanol–water partition coefficient (Wildman–Crippen LogP) is 3.71. The first-order valence-corrected chi connectivity index (χ1v) is 11.0. The number of nitrogens with zero attached hydrogens (tertiary/aromatic N) is 4. The second-order valence-corrected chi connectivity index (χ2v) is 8.17. The van der Waals surface area contributed by atoms with E-state index >= 15 is 0 Å². The lowest BCUT2D eigenvalue weighted by molar-refractivity contribution is 0.0724. The molecule has 0 bridgehead atoms. The van der Waals surface area contributed by atoms with E-state index in [0.717, 1.165) is 68.9 Å². The van der Waals surface area contributed by atoms with Gasteiger partial charge in [-0.25, -0.2) is 9.38 Å². The van der Waals surface area contributed by atoms with E-state index in [1.807, 2.05) is 41.3 Å². The lowest BCUT2D eigenvalue weighted by Crippen LogP contribution is -2.51. The molecule has 0 atom stereocenters. The van der Waals surface area contributed by atoms with E-state index in [9.17, 15) is 9.18 Å². The van der Waals surface area contributed by atoms with Crippen molar-refractivity contribution in [2.75, 3.05) is 44.2 Å². The molecule has 2 aliphatic heterocycles. The Bertz CT molecular complexity index is 905. The maximum absolute atomic E-state index is 13.1. The van der Waals surface area contributed by atoms with Gasteiger partial charge in [-0.05, 0) is 61.2 Å². The number of rotatable bonds is 4. The molecule has 0 saturated carbocycles. The van der Waals surface area contributed by atoms with Crippen LogP contribution in [0, 0.1) is 5.82 Å². The van der Waals surface area contributed by atoms with Crippen LogP contribution in [0.2, 0.25) is 0 Å². The smallest absolute Gasteiger partial charge is 0.253 e. The second kappa shape index (κ2) is 11.5. The lowest BCUT2D eigenvalue weighted by Gasteiger charge is -2.36. The monoisotopic (exact) mass is 551 g/mol. The molecule has 0 radical (unpaired) electrons. The molecule has 4 rings (SSSR count). The van der Waals surface area contributed by atoms with Crippen LogP contribution in [0.25, 0.3) is 0 Å². The fourth-order valence-corrected chi connectivity index (χ4v) is 4.15. The highest BCUT2D eigenvalue weighted by Crippen LogP contribution is 2.17. The number of aliphatic imine (C=N–C) groups is 1. The van der Waals surface area contributed by atoms with Gasteiger partial charge in [0.2, 0.25) is 0 Å². The fourth-order valence-electron chi connectivity index (χ4n) is 4.15. The number of piperazine rings is 1. The van der Waals surface area contributed by atoms with Crippen LogP contribution in [0.3, 0.4) is 0 Å². The molecule has 0 spiro atoms. The Hall–Kier alpha value is -2.36. The first-order chi connectivity index (χ1) is 15.1. The number of hydrogen-bond donors (Lipinski definition) is 1. The van der Waals surface area contributed by atoms with Gasteiger partial charge in [0.05, 0.1) is 6.54 Å². The van der Waals surface area contributed by atoms with Gasteiger partial charge in [-0.1, -0.05) is 12.1 Å². The molecule has 2 aliphatic rings. The third kappa shape index (κ3) is 6.11. The number of piperidine rings is 1. The van der Waals surface area contributed by atoms with Crippen molar-refractivity contribution in [2.24, 2.45) is 10.7 Å². The van der Waals surface area contributed by atoms with Gasteiger partial charge < -0.3 is 20.4 Å². The van der Waals surface area contributed by atoms with Crippen LogP contribution in [-0.2, 0) is 6.54 Å². The number of carbonyl (C=O) groups excluding carboxylic acids is 1. The van der Waals surface area contributed by atoms with Crippen molar-refractivity contribution in [1.82, 2.24) is 9.80 Å². The van der Waals surface area contributed by atoms with Crippen LogP contribution in [0.1, 0.15) is 35.2 Å². The molecule has 32 heavy (non-hydrogen) atoms. The van der Waals surface area contributed by atoms with Gasteiger partial charge in [0.1, 0.15) is 5.82 Å². The Balaban J connectivity index is 0.00000289. The number of halogens is 2. The highest BCUT2D eigenvalue weighted by atomic mass is 127. The molecule has 2 heterocycles. The number of guanidine groups is 1. The van der Waals surface area contributed by atoms with Crippen LogP contribution in [0.5, 0.6) is 0 Å². The van der Waals surface area contributed by atoms with Gasteiger partial charge >= 0.3 is 0 Å². The molecule has 8 heteroatoms. The minimum Gasteiger partial charge on any atom is -0.370 e. The SMILES string of the molecule is I.NC(=NCc1ccc(C(=O)N2CCCCC2)cc1)N1CCN(c2ccc(F)cc2)CC1. The van der Waals surface area contributed by atoms with Crippen molar-refractivity contribution in [1.29, 1.82) is 0 Å². The topological polar surface area (TPSA) is 65.2 Å². The molecule has 2 aromatic carbocycles. The normalized spacial score (nSPS) is 17.2. The van der Waals surface area contributed by atoms with E-state index in [4.69, 9.17) is 5.73 Å². The maximum atomic E-state index is 13.1. The molecule has 0 aromatic heterocycles. The molecule has 2 saturated heterocycles. The molecular formula is C24H31FIN5O. The van der Waals surface area contributed by atoms with Gasteiger partial charge in [-0.15, -0.1) is 24.0 Å². The number of benzene rings is 2. The van der Waals surface area contributed by atoms with Crippen LogP contribution < -0.4 is 10.6 Å². The maximum Gasteiger partial charge on any atom is 0.253 e. The van der Waals surface area contributed by atoms with E-state index in [-0.39, 0.29) is 35.7 Å². The van der Waals surface area contributed by atoms with Crippen LogP contribution in [-0.4, -0.2) is 60.9 Å². The third-order valence-corrected chi connectivity index (χ3v) is 6.06. The van der Waals surface area contributed by atoms with Gasteiger partial charge in [0.25, 0.3) is 5.91 Å². The summed E-state index contributed by atoms with van der Waals surface area (Å²) in [6.07, 6.45) is 3.40. The zero-order chi connectivity index (χ0) is 21.6. The number of likely N-dealkylation sites (tertiary alicyclic amines) is 1. The number of nitrogens with two attached hydrogens (primary N) is 1. The molecule has 0 unspecified atom stereocenters. The summed E-state index contributed by atoms with van der Waals surface area (Å²) in [5.74, 6) is 0.433. The van der Waals surface area contributed by atoms with Crippen molar-refractivity contribution in [2.45, 2.75) is 25.8 Å². The molecule has 2 N–H and O–H groups in total. The molecule has 0 aliphatic carbocycles. The number of carbonyl (C=O) groups is 1. The minimum atomic E-state index is -0.220. The Morgan fingerprint density at radius 1 is 0.844 bits per heavy atom. The first kappa shape index (κ1) is 24.3. The highest BCUT2D eigenvalue weighted by Gasteiger charge is 2.19. The first-order valence-electron chi connectivity index (χ1n) is 11.0. The molecule has 2 aromatic rings. The Labute approximate surface area is 206 Å². The van der Waals surface area contributed by atoms with E-state index in [0.29, 0.717) is 12.5 Å². The number of hydrogen-bond acceptors (Lipinski definition) is 3. The van der Waals surface area contributed by atoms with Gasteiger partial charge in [0, 0.05) is 50.5 Å². The zero-order valence-electron chi connectivity index (χ0n) is 18.3. The summed E-state index contributed by atoms with van der Waals surface area (Å²) in [5.41, 5.74) is 9.01.